The number of methoxy groups -OCH3 is 1. The molecule has 8 heteroatoms. The maximum Gasteiger partial charge on any atom is 0.234 e. The van der Waals surface area contributed by atoms with Crippen LogP contribution in [-0.2, 0) is 11.2 Å². The molecule has 0 aromatic heterocycles. The van der Waals surface area contributed by atoms with Crippen LogP contribution in [0, 0.1) is 0 Å². The molecule has 0 radical (unpaired) electrons. The summed E-state index contributed by atoms with van der Waals surface area (Å²) < 4.78 is 5.19. The average molecular weight is 424 g/mol. The first kappa shape index (κ1) is 23.3. The standard InChI is InChI=1S/C21H34ClN5O2/c1-4-10-24-20(28)15-27-12-8-17(9-13-27)26-21(23-2)25-11-7-16-5-6-18(29-3)14-19(16)22/h5-6,14,17H,4,7-13,15H2,1-3H3,(H,24,28)(H2,23,25,26). The first-order valence-corrected chi connectivity index (χ1v) is 10.7. The molecule has 1 fully saturated rings. The highest BCUT2D eigenvalue weighted by Crippen LogP contribution is 2.22. The molecular weight excluding hydrogens is 390 g/mol. The minimum absolute atomic E-state index is 0.118. The Balaban J connectivity index is 1.69. The van der Waals surface area contributed by atoms with E-state index in [1.165, 1.54) is 0 Å². The maximum atomic E-state index is 11.9. The molecule has 0 spiro atoms. The average Bonchev–Trinajstić information content (AvgIpc) is 2.73. The SMILES string of the molecule is CCCNC(=O)CN1CCC(NC(=NC)NCCc2ccc(OC)cc2Cl)CC1. The van der Waals surface area contributed by atoms with Gasteiger partial charge in [-0.1, -0.05) is 24.6 Å². The third-order valence-electron chi connectivity index (χ3n) is 5.04. The molecule has 0 unspecified atom stereocenters. The number of amides is 1. The quantitative estimate of drug-likeness (QED) is 0.418. The zero-order valence-corrected chi connectivity index (χ0v) is 18.5. The first-order valence-electron chi connectivity index (χ1n) is 10.3. The molecule has 0 atom stereocenters. The van der Waals surface area contributed by atoms with Crippen molar-refractivity contribution in [2.24, 2.45) is 4.99 Å². The number of hydrogen-bond acceptors (Lipinski definition) is 4. The summed E-state index contributed by atoms with van der Waals surface area (Å²) in [5.74, 6) is 1.68. The molecule has 0 aliphatic carbocycles. The fourth-order valence-electron chi connectivity index (χ4n) is 3.32. The molecule has 1 saturated heterocycles. The van der Waals surface area contributed by atoms with Gasteiger partial charge in [0.15, 0.2) is 5.96 Å². The molecule has 2 rings (SSSR count). The highest BCUT2D eigenvalue weighted by molar-refractivity contribution is 6.31. The Morgan fingerprint density at radius 2 is 2.03 bits per heavy atom. The molecule has 1 amide bonds. The van der Waals surface area contributed by atoms with Crippen LogP contribution in [0.5, 0.6) is 5.75 Å². The molecule has 1 aliphatic heterocycles. The Labute approximate surface area is 179 Å². The Bertz CT molecular complexity index is 675. The Morgan fingerprint density at radius 3 is 2.66 bits per heavy atom. The molecular formula is C21H34ClN5O2. The molecule has 1 aliphatic rings. The topological polar surface area (TPSA) is 78.0 Å². The normalized spacial score (nSPS) is 15.8. The summed E-state index contributed by atoms with van der Waals surface area (Å²) in [4.78, 5) is 18.4. The highest BCUT2D eigenvalue weighted by atomic mass is 35.5. The van der Waals surface area contributed by atoms with Crippen LogP contribution in [0.4, 0.5) is 0 Å². The lowest BCUT2D eigenvalue weighted by molar-refractivity contribution is -0.122. The van der Waals surface area contributed by atoms with Crippen molar-refractivity contribution < 1.29 is 9.53 Å². The van der Waals surface area contributed by atoms with Gasteiger partial charge in [0.1, 0.15) is 5.75 Å². The lowest BCUT2D eigenvalue weighted by Gasteiger charge is -2.32. The van der Waals surface area contributed by atoms with E-state index in [0.717, 1.165) is 69.1 Å². The second-order valence-corrected chi connectivity index (χ2v) is 7.66. The van der Waals surface area contributed by atoms with Crippen molar-refractivity contribution in [1.29, 1.82) is 0 Å². The van der Waals surface area contributed by atoms with Gasteiger partial charge in [-0.25, -0.2) is 0 Å². The summed E-state index contributed by atoms with van der Waals surface area (Å²) >= 11 is 6.30. The second kappa shape index (κ2) is 12.5. The summed E-state index contributed by atoms with van der Waals surface area (Å²) in [6.07, 6.45) is 3.75. The fourth-order valence-corrected chi connectivity index (χ4v) is 3.59. The van der Waals surface area contributed by atoms with Gasteiger partial charge in [-0.3, -0.25) is 14.7 Å². The minimum atomic E-state index is 0.118. The fraction of sp³-hybridized carbons (Fsp3) is 0.619. The number of nitrogens with zero attached hydrogens (tertiary/aromatic N) is 2. The van der Waals surface area contributed by atoms with Gasteiger partial charge in [0.2, 0.25) is 5.91 Å². The smallest absolute Gasteiger partial charge is 0.234 e. The van der Waals surface area contributed by atoms with E-state index in [-0.39, 0.29) is 5.91 Å². The number of nitrogens with one attached hydrogen (secondary N) is 3. The van der Waals surface area contributed by atoms with Gasteiger partial charge in [-0.05, 0) is 43.4 Å². The van der Waals surface area contributed by atoms with Crippen molar-refractivity contribution in [3.8, 4) is 5.75 Å². The number of carbonyl (C=O) groups excluding carboxylic acids is 1. The number of guanidine groups is 1. The van der Waals surface area contributed by atoms with Crippen LogP contribution in [0.3, 0.4) is 0 Å². The van der Waals surface area contributed by atoms with Crippen molar-refractivity contribution >= 4 is 23.5 Å². The van der Waals surface area contributed by atoms with E-state index in [1.54, 1.807) is 14.2 Å². The third-order valence-corrected chi connectivity index (χ3v) is 5.39. The lowest BCUT2D eigenvalue weighted by atomic mass is 10.1. The summed E-state index contributed by atoms with van der Waals surface area (Å²) in [7, 11) is 3.41. The van der Waals surface area contributed by atoms with E-state index in [1.807, 2.05) is 18.2 Å². The predicted octanol–water partition coefficient (Wildman–Crippen LogP) is 2.05. The van der Waals surface area contributed by atoms with Crippen LogP contribution in [-0.4, -0.2) is 69.7 Å². The number of halogens is 1. The van der Waals surface area contributed by atoms with E-state index >= 15 is 0 Å². The third kappa shape index (κ3) is 8.11. The summed E-state index contributed by atoms with van der Waals surface area (Å²) in [5.41, 5.74) is 1.07. The van der Waals surface area contributed by atoms with E-state index in [2.05, 4.69) is 32.8 Å². The molecule has 7 nitrogen and oxygen atoms in total. The predicted molar refractivity (Wildman–Crippen MR) is 119 cm³/mol. The molecule has 0 bridgehead atoms. The van der Waals surface area contributed by atoms with Crippen molar-refractivity contribution in [3.05, 3.63) is 28.8 Å². The Hall–Kier alpha value is -1.99. The maximum absolute atomic E-state index is 11.9. The number of carbonyl (C=O) groups is 1. The van der Waals surface area contributed by atoms with Crippen molar-refractivity contribution in [3.63, 3.8) is 0 Å². The van der Waals surface area contributed by atoms with Gasteiger partial charge in [0.25, 0.3) is 0 Å². The van der Waals surface area contributed by atoms with Crippen molar-refractivity contribution in [1.82, 2.24) is 20.9 Å². The highest BCUT2D eigenvalue weighted by Gasteiger charge is 2.21. The molecule has 3 N–H and O–H groups in total. The largest absolute Gasteiger partial charge is 0.497 e. The number of aliphatic imine (C=N–C) groups is 1. The number of rotatable bonds is 9. The van der Waals surface area contributed by atoms with Crippen molar-refractivity contribution in [2.45, 2.75) is 38.6 Å². The van der Waals surface area contributed by atoms with Gasteiger partial charge in [-0.2, -0.15) is 0 Å². The van der Waals surface area contributed by atoms with Gasteiger partial charge in [0, 0.05) is 44.3 Å². The van der Waals surface area contributed by atoms with E-state index < -0.39 is 0 Å². The molecule has 29 heavy (non-hydrogen) atoms. The number of likely N-dealkylation sites (tertiary alicyclic amines) is 1. The van der Waals surface area contributed by atoms with Crippen LogP contribution >= 0.6 is 11.6 Å². The Morgan fingerprint density at radius 1 is 1.28 bits per heavy atom. The second-order valence-electron chi connectivity index (χ2n) is 7.25. The minimum Gasteiger partial charge on any atom is -0.497 e. The zero-order valence-electron chi connectivity index (χ0n) is 17.8. The van der Waals surface area contributed by atoms with Gasteiger partial charge in [0.05, 0.1) is 13.7 Å². The van der Waals surface area contributed by atoms with Crippen LogP contribution in [0.15, 0.2) is 23.2 Å². The van der Waals surface area contributed by atoms with Crippen LogP contribution in [0.25, 0.3) is 0 Å². The molecule has 162 valence electrons. The number of hydrogen-bond donors (Lipinski definition) is 3. The summed E-state index contributed by atoms with van der Waals surface area (Å²) in [6.45, 7) is 5.86. The molecule has 1 aromatic rings. The zero-order chi connectivity index (χ0) is 21.1. The number of piperidine rings is 1. The van der Waals surface area contributed by atoms with Crippen LogP contribution in [0.2, 0.25) is 5.02 Å². The number of benzene rings is 1. The van der Waals surface area contributed by atoms with Crippen LogP contribution < -0.4 is 20.7 Å². The first-order chi connectivity index (χ1) is 14.0. The van der Waals surface area contributed by atoms with E-state index in [0.29, 0.717) is 17.6 Å². The van der Waals surface area contributed by atoms with Crippen molar-refractivity contribution in [2.75, 3.05) is 46.9 Å². The summed E-state index contributed by atoms with van der Waals surface area (Å²) in [5, 5.41) is 10.5. The van der Waals surface area contributed by atoms with E-state index in [9.17, 15) is 4.79 Å². The molecule has 1 heterocycles. The summed E-state index contributed by atoms with van der Waals surface area (Å²) in [6, 6.07) is 6.11. The van der Waals surface area contributed by atoms with Gasteiger partial charge >= 0.3 is 0 Å². The number of ether oxygens (including phenoxy) is 1. The van der Waals surface area contributed by atoms with Gasteiger partial charge < -0.3 is 20.7 Å². The van der Waals surface area contributed by atoms with Gasteiger partial charge in [-0.15, -0.1) is 0 Å². The Kier molecular flexibility index (Phi) is 10.1. The monoisotopic (exact) mass is 423 g/mol. The lowest BCUT2D eigenvalue weighted by Crippen LogP contribution is -2.50. The molecule has 1 aromatic carbocycles. The van der Waals surface area contributed by atoms with Crippen LogP contribution in [0.1, 0.15) is 31.7 Å². The van der Waals surface area contributed by atoms with E-state index in [4.69, 9.17) is 16.3 Å². The molecule has 0 saturated carbocycles.